The molecule has 1 aliphatic rings. The van der Waals surface area contributed by atoms with E-state index in [-0.39, 0.29) is 14.8 Å². The van der Waals surface area contributed by atoms with E-state index in [2.05, 4.69) is 0 Å². The molecule has 6 nitrogen and oxygen atoms in total. The topological polar surface area (TPSA) is 80.5 Å². The zero-order valence-corrected chi connectivity index (χ0v) is 14.3. The molecule has 0 unspecified atom stereocenters. The van der Waals surface area contributed by atoms with Crippen LogP contribution in [0.5, 0.6) is 0 Å². The maximum absolute atomic E-state index is 12.6. The molecule has 23 heavy (non-hydrogen) atoms. The number of thioether (sulfide) groups is 1. The predicted octanol–water partition coefficient (Wildman–Crippen LogP) is 2.88. The average Bonchev–Trinajstić information content (AvgIpc) is 3.04. The summed E-state index contributed by atoms with van der Waals surface area (Å²) in [5, 5.41) is 11.3. The highest BCUT2D eigenvalue weighted by atomic mass is 32.3. The molecule has 1 heterocycles. The Morgan fingerprint density at radius 1 is 1.26 bits per heavy atom. The summed E-state index contributed by atoms with van der Waals surface area (Å²) in [6, 6.07) is 7.93. The van der Waals surface area contributed by atoms with Gasteiger partial charge in [0.1, 0.15) is 4.24 Å². The number of benzene rings is 1. The lowest BCUT2D eigenvalue weighted by Crippen LogP contribution is -2.14. The first kappa shape index (κ1) is 17.6. The number of rotatable bonds is 6. The van der Waals surface area contributed by atoms with E-state index in [0.717, 1.165) is 43.8 Å². The summed E-state index contributed by atoms with van der Waals surface area (Å²) >= 11 is 0.985. The molecule has 124 valence electrons. The van der Waals surface area contributed by atoms with Crippen molar-refractivity contribution < 1.29 is 13.3 Å². The standard InChI is InChI=1S/C15H18N2O4S2/c1-22-15(23(20,21)14-7-3-2-4-8-14)11-13(17(18)19)12-16-9-5-6-10-16/h2-4,7-8,11-12H,5-6,9-10H2,1H3/b13-12+,15-11+. The molecule has 0 N–H and O–H groups in total. The molecule has 1 aromatic carbocycles. The van der Waals surface area contributed by atoms with E-state index in [1.54, 1.807) is 24.5 Å². The largest absolute Gasteiger partial charge is 0.372 e. The second-order valence-electron chi connectivity index (χ2n) is 5.04. The fraction of sp³-hybridized carbons (Fsp3) is 0.333. The molecule has 0 saturated carbocycles. The molecule has 1 fully saturated rings. The third-order valence-electron chi connectivity index (χ3n) is 3.45. The molecule has 0 amide bonds. The van der Waals surface area contributed by atoms with Crippen LogP contribution in [0.1, 0.15) is 12.8 Å². The number of nitro groups is 1. The van der Waals surface area contributed by atoms with Crippen LogP contribution in [0.3, 0.4) is 0 Å². The van der Waals surface area contributed by atoms with Crippen molar-refractivity contribution in [3.63, 3.8) is 0 Å². The van der Waals surface area contributed by atoms with Crippen molar-refractivity contribution in [3.8, 4) is 0 Å². The van der Waals surface area contributed by atoms with E-state index >= 15 is 0 Å². The molecule has 0 bridgehead atoms. The number of hydrogen-bond acceptors (Lipinski definition) is 6. The highest BCUT2D eigenvalue weighted by Crippen LogP contribution is 2.28. The maximum Gasteiger partial charge on any atom is 0.286 e. The van der Waals surface area contributed by atoms with Crippen LogP contribution in [0.2, 0.25) is 0 Å². The van der Waals surface area contributed by atoms with Crippen molar-refractivity contribution in [2.45, 2.75) is 17.7 Å². The van der Waals surface area contributed by atoms with Crippen molar-refractivity contribution in [2.75, 3.05) is 19.3 Å². The summed E-state index contributed by atoms with van der Waals surface area (Å²) < 4.78 is 25.2. The SMILES string of the molecule is CS/C(=C\C(=C/N1CCCC1)[N+](=O)[O-])S(=O)(=O)c1ccccc1. The van der Waals surface area contributed by atoms with Gasteiger partial charge in [0.05, 0.1) is 16.0 Å². The molecule has 0 aliphatic carbocycles. The first-order valence-electron chi connectivity index (χ1n) is 7.11. The van der Waals surface area contributed by atoms with Gasteiger partial charge in [-0.3, -0.25) is 10.1 Å². The van der Waals surface area contributed by atoms with Gasteiger partial charge in [-0.05, 0) is 31.2 Å². The Labute approximate surface area is 139 Å². The van der Waals surface area contributed by atoms with Crippen LogP contribution in [0.15, 0.2) is 57.4 Å². The van der Waals surface area contributed by atoms with Crippen molar-refractivity contribution in [1.82, 2.24) is 4.90 Å². The summed E-state index contributed by atoms with van der Waals surface area (Å²) in [6.07, 6.45) is 6.15. The van der Waals surface area contributed by atoms with Gasteiger partial charge >= 0.3 is 0 Å². The third kappa shape index (κ3) is 4.35. The van der Waals surface area contributed by atoms with Gasteiger partial charge in [-0.2, -0.15) is 0 Å². The van der Waals surface area contributed by atoms with E-state index in [1.807, 2.05) is 4.90 Å². The first-order valence-corrected chi connectivity index (χ1v) is 9.82. The number of allylic oxidation sites excluding steroid dienone is 1. The van der Waals surface area contributed by atoms with Gasteiger partial charge in [0.25, 0.3) is 5.70 Å². The van der Waals surface area contributed by atoms with Gasteiger partial charge < -0.3 is 4.90 Å². The van der Waals surface area contributed by atoms with Crippen molar-refractivity contribution in [1.29, 1.82) is 0 Å². The van der Waals surface area contributed by atoms with Crippen LogP contribution in [0.25, 0.3) is 0 Å². The minimum absolute atomic E-state index is 0.0363. The average molecular weight is 354 g/mol. The van der Waals surface area contributed by atoms with E-state index in [0.29, 0.717) is 0 Å². The van der Waals surface area contributed by atoms with E-state index in [4.69, 9.17) is 0 Å². The third-order valence-corrected chi connectivity index (χ3v) is 6.67. The second kappa shape index (κ2) is 7.65. The second-order valence-corrected chi connectivity index (χ2v) is 8.06. The van der Waals surface area contributed by atoms with Crippen molar-refractivity contribution in [3.05, 3.63) is 62.7 Å². The molecule has 0 aromatic heterocycles. The minimum Gasteiger partial charge on any atom is -0.372 e. The van der Waals surface area contributed by atoms with Gasteiger partial charge in [-0.15, -0.1) is 11.8 Å². The Balaban J connectivity index is 2.40. The Bertz CT molecular complexity index is 721. The minimum atomic E-state index is -3.75. The van der Waals surface area contributed by atoms with Crippen LogP contribution < -0.4 is 0 Å². The molecule has 0 spiro atoms. The monoisotopic (exact) mass is 354 g/mol. The normalized spacial score (nSPS) is 16.7. The fourth-order valence-electron chi connectivity index (χ4n) is 2.28. The predicted molar refractivity (Wildman–Crippen MR) is 91.1 cm³/mol. The van der Waals surface area contributed by atoms with Gasteiger partial charge in [0.15, 0.2) is 0 Å². The Kier molecular flexibility index (Phi) is 5.84. The molecule has 1 saturated heterocycles. The Morgan fingerprint density at radius 3 is 2.39 bits per heavy atom. The molecule has 2 rings (SSSR count). The van der Waals surface area contributed by atoms with Gasteiger partial charge in [0, 0.05) is 19.2 Å². The molecule has 0 atom stereocenters. The van der Waals surface area contributed by atoms with E-state index in [9.17, 15) is 18.5 Å². The zero-order chi connectivity index (χ0) is 16.9. The summed E-state index contributed by atoms with van der Waals surface area (Å²) in [4.78, 5) is 12.7. The molecule has 8 heteroatoms. The summed E-state index contributed by atoms with van der Waals surface area (Å²) in [5.41, 5.74) is -0.212. The Hall–Kier alpha value is -1.80. The van der Waals surface area contributed by atoms with Gasteiger partial charge in [-0.1, -0.05) is 18.2 Å². The number of hydrogen-bond donors (Lipinski definition) is 0. The smallest absolute Gasteiger partial charge is 0.286 e. The van der Waals surface area contributed by atoms with E-state index < -0.39 is 14.8 Å². The maximum atomic E-state index is 12.6. The summed E-state index contributed by atoms with van der Waals surface area (Å²) in [5.74, 6) is 0. The molecule has 1 aliphatic heterocycles. The van der Waals surface area contributed by atoms with Crippen LogP contribution in [-0.4, -0.2) is 37.6 Å². The highest BCUT2D eigenvalue weighted by Gasteiger charge is 2.23. The molecular weight excluding hydrogens is 336 g/mol. The Morgan fingerprint density at radius 2 is 1.87 bits per heavy atom. The number of likely N-dealkylation sites (tertiary alicyclic amines) is 1. The van der Waals surface area contributed by atoms with Gasteiger partial charge in [0.2, 0.25) is 9.84 Å². The first-order chi connectivity index (χ1) is 10.9. The lowest BCUT2D eigenvalue weighted by molar-refractivity contribution is -0.420. The summed E-state index contributed by atoms with van der Waals surface area (Å²) in [7, 11) is -3.75. The molecule has 0 radical (unpaired) electrons. The van der Waals surface area contributed by atoms with E-state index in [1.165, 1.54) is 18.3 Å². The fourth-order valence-corrected chi connectivity index (χ4v) is 4.71. The lowest BCUT2D eigenvalue weighted by Gasteiger charge is -2.10. The van der Waals surface area contributed by atoms with Crippen molar-refractivity contribution in [2.24, 2.45) is 0 Å². The van der Waals surface area contributed by atoms with Gasteiger partial charge in [-0.25, -0.2) is 8.42 Å². The van der Waals surface area contributed by atoms with Crippen LogP contribution in [0.4, 0.5) is 0 Å². The molecule has 1 aromatic rings. The highest BCUT2D eigenvalue weighted by molar-refractivity contribution is 8.18. The van der Waals surface area contributed by atoms with Crippen LogP contribution >= 0.6 is 11.8 Å². The molecular formula is C15H18N2O4S2. The summed E-state index contributed by atoms with van der Waals surface area (Å²) in [6.45, 7) is 1.51. The lowest BCUT2D eigenvalue weighted by atomic mass is 10.4. The number of nitrogens with zero attached hydrogens (tertiary/aromatic N) is 2. The van der Waals surface area contributed by atoms with Crippen LogP contribution in [0, 0.1) is 10.1 Å². The quantitative estimate of drug-likeness (QED) is 0.444. The van der Waals surface area contributed by atoms with Crippen LogP contribution in [-0.2, 0) is 9.84 Å². The van der Waals surface area contributed by atoms with Crippen molar-refractivity contribution >= 4 is 21.6 Å². The zero-order valence-electron chi connectivity index (χ0n) is 12.7. The number of sulfone groups is 1.